The molecular formula is C25H19Cl2N3O4. The average molecular weight is 496 g/mol. The molecule has 9 heteroatoms. The Bertz CT molecular complexity index is 1250. The first-order chi connectivity index (χ1) is 16.4. The highest BCUT2D eigenvalue weighted by Gasteiger charge is 2.13. The number of carbonyl (C=O) groups excluding carboxylic acids is 2. The minimum Gasteiger partial charge on any atom is -0.497 e. The van der Waals surface area contributed by atoms with Crippen molar-refractivity contribution in [3.05, 3.63) is 87.9 Å². The number of halogens is 2. The molecule has 2 amide bonds. The number of benzene rings is 3. The third kappa shape index (κ3) is 7.01. The second-order valence-corrected chi connectivity index (χ2v) is 7.75. The van der Waals surface area contributed by atoms with E-state index in [0.29, 0.717) is 32.7 Å². The maximum absolute atomic E-state index is 12.6. The Hall–Kier alpha value is -3.99. The molecule has 0 heterocycles. The van der Waals surface area contributed by atoms with Crippen molar-refractivity contribution in [1.82, 2.24) is 0 Å². The summed E-state index contributed by atoms with van der Waals surface area (Å²) < 4.78 is 10.7. The molecule has 0 aliphatic carbocycles. The number of methoxy groups -OCH3 is 1. The van der Waals surface area contributed by atoms with Gasteiger partial charge in [0.15, 0.2) is 6.61 Å². The van der Waals surface area contributed by atoms with Gasteiger partial charge in [-0.25, -0.2) is 0 Å². The average Bonchev–Trinajstić information content (AvgIpc) is 2.83. The monoisotopic (exact) mass is 495 g/mol. The highest BCUT2D eigenvalue weighted by molar-refractivity contribution is 6.31. The molecule has 0 spiro atoms. The molecule has 3 aromatic carbocycles. The van der Waals surface area contributed by atoms with Crippen LogP contribution >= 0.6 is 23.2 Å². The van der Waals surface area contributed by atoms with Gasteiger partial charge in [-0.1, -0.05) is 23.2 Å². The van der Waals surface area contributed by atoms with Gasteiger partial charge in [-0.05, 0) is 72.8 Å². The van der Waals surface area contributed by atoms with Gasteiger partial charge in [-0.2, -0.15) is 5.26 Å². The smallest absolute Gasteiger partial charge is 0.266 e. The van der Waals surface area contributed by atoms with E-state index in [1.807, 2.05) is 6.07 Å². The number of amides is 2. The van der Waals surface area contributed by atoms with E-state index in [-0.39, 0.29) is 17.9 Å². The lowest BCUT2D eigenvalue weighted by Gasteiger charge is -2.11. The van der Waals surface area contributed by atoms with Crippen molar-refractivity contribution in [3.8, 4) is 17.6 Å². The number of carbonyl (C=O) groups is 2. The molecular weight excluding hydrogens is 477 g/mol. The first kappa shape index (κ1) is 24.6. The summed E-state index contributed by atoms with van der Waals surface area (Å²) in [7, 11) is 1.55. The van der Waals surface area contributed by atoms with Crippen molar-refractivity contribution in [2.24, 2.45) is 0 Å². The van der Waals surface area contributed by atoms with Crippen LogP contribution < -0.4 is 20.1 Å². The fourth-order valence-corrected chi connectivity index (χ4v) is 3.12. The predicted octanol–water partition coefficient (Wildman–Crippen LogP) is 5.57. The molecule has 0 radical (unpaired) electrons. The van der Waals surface area contributed by atoms with E-state index in [2.05, 4.69) is 10.6 Å². The fourth-order valence-electron chi connectivity index (χ4n) is 2.81. The summed E-state index contributed by atoms with van der Waals surface area (Å²) in [6, 6.07) is 19.8. The van der Waals surface area contributed by atoms with Crippen LogP contribution in [0, 0.1) is 11.3 Å². The largest absolute Gasteiger partial charge is 0.497 e. The first-order valence-corrected chi connectivity index (χ1v) is 10.7. The molecule has 2 N–H and O–H groups in total. The number of nitriles is 1. The predicted molar refractivity (Wildman–Crippen MR) is 132 cm³/mol. The molecule has 0 saturated heterocycles. The number of nitrogens with one attached hydrogen (secondary N) is 2. The molecule has 0 saturated carbocycles. The summed E-state index contributed by atoms with van der Waals surface area (Å²) in [5.41, 5.74) is 1.25. The Morgan fingerprint density at radius 1 is 0.941 bits per heavy atom. The Labute approximate surface area is 206 Å². The quantitative estimate of drug-likeness (QED) is 0.314. The summed E-state index contributed by atoms with van der Waals surface area (Å²) in [6.45, 7) is -0.298. The molecule has 0 bridgehead atoms. The molecule has 7 nitrogen and oxygen atoms in total. The van der Waals surface area contributed by atoms with Gasteiger partial charge in [0.05, 0.1) is 7.11 Å². The molecule has 3 aromatic rings. The van der Waals surface area contributed by atoms with Gasteiger partial charge in [0.1, 0.15) is 23.1 Å². The molecule has 0 aliphatic rings. The van der Waals surface area contributed by atoms with Crippen LogP contribution in [0.2, 0.25) is 10.0 Å². The zero-order valence-corrected chi connectivity index (χ0v) is 19.5. The van der Waals surface area contributed by atoms with Crippen molar-refractivity contribution in [2.75, 3.05) is 24.4 Å². The van der Waals surface area contributed by atoms with Crippen LogP contribution in [0.5, 0.6) is 11.5 Å². The highest BCUT2D eigenvalue weighted by Crippen LogP contribution is 2.26. The lowest BCUT2D eigenvalue weighted by molar-refractivity contribution is -0.118. The lowest BCUT2D eigenvalue weighted by atomic mass is 10.1. The maximum Gasteiger partial charge on any atom is 0.266 e. The van der Waals surface area contributed by atoms with E-state index in [4.69, 9.17) is 32.7 Å². The van der Waals surface area contributed by atoms with Crippen LogP contribution in [-0.2, 0) is 9.59 Å². The van der Waals surface area contributed by atoms with Crippen LogP contribution in [0.4, 0.5) is 11.4 Å². The van der Waals surface area contributed by atoms with Crippen LogP contribution in [0.25, 0.3) is 6.08 Å². The zero-order valence-electron chi connectivity index (χ0n) is 18.0. The van der Waals surface area contributed by atoms with Gasteiger partial charge in [-0.15, -0.1) is 0 Å². The van der Waals surface area contributed by atoms with Crippen molar-refractivity contribution in [2.45, 2.75) is 0 Å². The Kier molecular flexibility index (Phi) is 8.52. The van der Waals surface area contributed by atoms with Gasteiger partial charge < -0.3 is 20.1 Å². The van der Waals surface area contributed by atoms with Gasteiger partial charge in [-0.3, -0.25) is 9.59 Å². The number of nitrogens with zero attached hydrogens (tertiary/aromatic N) is 1. The number of rotatable bonds is 8. The molecule has 0 unspecified atom stereocenters. The van der Waals surface area contributed by atoms with Crippen LogP contribution in [0.3, 0.4) is 0 Å². The van der Waals surface area contributed by atoms with Gasteiger partial charge in [0.25, 0.3) is 11.8 Å². The second-order valence-electron chi connectivity index (χ2n) is 6.88. The van der Waals surface area contributed by atoms with Gasteiger partial charge in [0.2, 0.25) is 0 Å². The molecule has 0 atom stereocenters. The molecule has 3 rings (SSSR count). The van der Waals surface area contributed by atoms with Crippen molar-refractivity contribution in [3.63, 3.8) is 0 Å². The minimum absolute atomic E-state index is 0.176. The lowest BCUT2D eigenvalue weighted by Crippen LogP contribution is -2.20. The van der Waals surface area contributed by atoms with E-state index >= 15 is 0 Å². The van der Waals surface area contributed by atoms with Crippen molar-refractivity contribution >= 4 is 52.5 Å². The number of ether oxygens (including phenoxy) is 2. The van der Waals surface area contributed by atoms with E-state index in [1.165, 1.54) is 12.1 Å². The van der Waals surface area contributed by atoms with Gasteiger partial charge >= 0.3 is 0 Å². The van der Waals surface area contributed by atoms with Crippen LogP contribution in [-0.4, -0.2) is 25.5 Å². The molecule has 0 fully saturated rings. The van der Waals surface area contributed by atoms with Crippen molar-refractivity contribution in [1.29, 1.82) is 5.26 Å². The summed E-state index contributed by atoms with van der Waals surface area (Å²) in [5, 5.41) is 15.7. The summed E-state index contributed by atoms with van der Waals surface area (Å²) in [4.78, 5) is 24.9. The second kappa shape index (κ2) is 11.8. The molecule has 0 aromatic heterocycles. The summed E-state index contributed by atoms with van der Waals surface area (Å²) in [5.74, 6) is -0.0643. The maximum atomic E-state index is 12.6. The van der Waals surface area contributed by atoms with E-state index in [9.17, 15) is 14.9 Å². The molecule has 0 aliphatic heterocycles. The van der Waals surface area contributed by atoms with Crippen LogP contribution in [0.1, 0.15) is 5.56 Å². The summed E-state index contributed by atoms with van der Waals surface area (Å²) >= 11 is 11.9. The molecule has 34 heavy (non-hydrogen) atoms. The summed E-state index contributed by atoms with van der Waals surface area (Å²) in [6.07, 6.45) is 1.34. The highest BCUT2D eigenvalue weighted by atomic mass is 35.5. The van der Waals surface area contributed by atoms with E-state index in [1.54, 1.807) is 67.8 Å². The number of hydrogen-bond donors (Lipinski definition) is 2. The Morgan fingerprint density at radius 3 is 2.21 bits per heavy atom. The van der Waals surface area contributed by atoms with E-state index < -0.39 is 11.8 Å². The first-order valence-electron chi connectivity index (χ1n) is 9.93. The third-order valence-electron chi connectivity index (χ3n) is 4.47. The Balaban J connectivity index is 1.71. The fraction of sp³-hybridized carbons (Fsp3) is 0.0800. The number of hydrogen-bond acceptors (Lipinski definition) is 5. The van der Waals surface area contributed by atoms with E-state index in [0.717, 1.165) is 0 Å². The standard InChI is InChI=1S/C25H19Cl2N3O4/c1-33-22-9-7-20(8-10-22)29-24(31)15-34-23-11-4-19(27)13-16(23)12-17(14-28)25(32)30-21-5-2-18(26)3-6-21/h2-13H,15H2,1H3,(H,29,31)(H,30,32). The topological polar surface area (TPSA) is 100 Å². The Morgan fingerprint density at radius 2 is 1.56 bits per heavy atom. The third-order valence-corrected chi connectivity index (χ3v) is 4.96. The normalized spacial score (nSPS) is 10.7. The number of anilines is 2. The zero-order chi connectivity index (χ0) is 24.5. The minimum atomic E-state index is -0.618. The SMILES string of the molecule is COc1ccc(NC(=O)COc2ccc(Cl)cc2C=C(C#N)C(=O)Nc2ccc(Cl)cc2)cc1. The molecule has 172 valence electrons. The van der Waals surface area contributed by atoms with Crippen LogP contribution in [0.15, 0.2) is 72.3 Å². The van der Waals surface area contributed by atoms with Crippen molar-refractivity contribution < 1.29 is 19.1 Å². The van der Waals surface area contributed by atoms with Gasteiger partial charge in [0, 0.05) is 27.0 Å².